The molecule has 0 saturated carbocycles. The van der Waals surface area contributed by atoms with Crippen molar-refractivity contribution in [1.29, 1.82) is 0 Å². The Kier molecular flexibility index (Phi) is 45.7. The Morgan fingerprint density at radius 3 is 1.27 bits per heavy atom. The van der Waals surface area contributed by atoms with Gasteiger partial charge < -0.3 is 24.2 Å². The largest absolute Gasteiger partial charge is 0.472 e. The summed E-state index contributed by atoms with van der Waals surface area (Å²) in [5.74, 6) is -1.58. The zero-order chi connectivity index (χ0) is 48.4. The number of ether oxygens (including phenoxy) is 3. The molecule has 2 N–H and O–H groups in total. The van der Waals surface area contributed by atoms with E-state index in [0.29, 0.717) is 19.3 Å². The molecule has 0 amide bonds. The van der Waals surface area contributed by atoms with Gasteiger partial charge in [-0.15, -0.1) is 0 Å². The van der Waals surface area contributed by atoms with Gasteiger partial charge in [-0.25, -0.2) is 4.57 Å². The molecule has 11 nitrogen and oxygen atoms in total. The van der Waals surface area contributed by atoms with Gasteiger partial charge in [-0.2, -0.15) is 0 Å². The fourth-order valence-corrected chi connectivity index (χ4v) is 7.28. The average molecular weight is 947 g/mol. The molecule has 0 aromatic carbocycles. The van der Waals surface area contributed by atoms with Crippen LogP contribution in [0.25, 0.3) is 0 Å². The average Bonchev–Trinajstić information content (AvgIpc) is 3.30. The minimum Gasteiger partial charge on any atom is -0.462 e. The highest BCUT2D eigenvalue weighted by molar-refractivity contribution is 7.47. The van der Waals surface area contributed by atoms with Crippen molar-refractivity contribution in [3.05, 3.63) is 85.1 Å². The number of phosphoric acid groups is 1. The summed E-state index contributed by atoms with van der Waals surface area (Å²) >= 11 is 0. The highest BCUT2D eigenvalue weighted by Crippen LogP contribution is 2.43. The summed E-state index contributed by atoms with van der Waals surface area (Å²) in [6.45, 7) is 4.27. The van der Waals surface area contributed by atoms with Crippen molar-refractivity contribution in [1.82, 2.24) is 0 Å². The van der Waals surface area contributed by atoms with E-state index in [0.717, 1.165) is 109 Å². The van der Waals surface area contributed by atoms with Crippen LogP contribution in [0, 0.1) is 0 Å². The number of allylic oxidation sites excluding steroid dienone is 14. The molecule has 3 atom stereocenters. The van der Waals surface area contributed by atoms with Crippen LogP contribution in [0.4, 0.5) is 0 Å². The lowest BCUT2D eigenvalue weighted by Gasteiger charge is -2.21. The Labute approximate surface area is 400 Å². The SMILES string of the molecule is CC/C=C\C/C=C\C/C=C\C/C=C\CCC(=O)OCC(COP(=O)(O)OCC(CO)OC(=O)CCCCCCCCCCC)OC(=O)CCCCCCCCC/C=C\C/C=C\C/C=C\CC. The fraction of sp³-hybridized carbons (Fsp3) is 0.685. The fourth-order valence-electron chi connectivity index (χ4n) is 6.50. The lowest BCUT2D eigenvalue weighted by Crippen LogP contribution is -2.30. The standard InChI is InChI=1S/C54H91O11P/c1-4-7-10-13-16-19-21-23-24-25-26-28-30-33-36-39-42-45-54(58)65-51(47-61-52(56)43-40-37-34-32-29-27-22-20-17-14-11-8-5-2)49-63-66(59,60)62-48-50(46-55)64-53(57)44-41-38-35-31-18-15-12-9-6-3/h7-8,10-11,16-17,19-20,23-24,27,29,34,37,50-51,55H,4-6,9,12-15,18,21-22,25-26,28,30-33,35-36,38-49H2,1-3H3,(H,59,60)/b10-7-,11-8-,19-16-,20-17-,24-23-,29-27-,37-34-. The van der Waals surface area contributed by atoms with E-state index in [4.69, 9.17) is 23.3 Å². The van der Waals surface area contributed by atoms with Gasteiger partial charge in [0.2, 0.25) is 0 Å². The minimum absolute atomic E-state index is 0.101. The van der Waals surface area contributed by atoms with Crippen molar-refractivity contribution in [2.45, 2.75) is 213 Å². The van der Waals surface area contributed by atoms with E-state index in [1.165, 1.54) is 32.1 Å². The molecule has 0 rings (SSSR count). The Bertz CT molecular complexity index is 1430. The molecule has 0 aromatic rings. The number of hydrogen-bond acceptors (Lipinski definition) is 10. The molecule has 3 unspecified atom stereocenters. The maximum Gasteiger partial charge on any atom is 0.472 e. The smallest absolute Gasteiger partial charge is 0.462 e. The maximum absolute atomic E-state index is 12.8. The van der Waals surface area contributed by atoms with E-state index in [2.05, 4.69) is 93.7 Å². The second-order valence-electron chi connectivity index (χ2n) is 16.6. The Balaban J connectivity index is 4.85. The molecule has 0 saturated heterocycles. The summed E-state index contributed by atoms with van der Waals surface area (Å²) in [6.07, 6.45) is 52.9. The normalized spacial score (nSPS) is 14.2. The van der Waals surface area contributed by atoms with E-state index in [-0.39, 0.29) is 25.9 Å². The first kappa shape index (κ1) is 62.7. The summed E-state index contributed by atoms with van der Waals surface area (Å²) in [6, 6.07) is 0. The number of unbranched alkanes of at least 4 members (excludes halogenated alkanes) is 15. The summed E-state index contributed by atoms with van der Waals surface area (Å²) in [7, 11) is -4.76. The van der Waals surface area contributed by atoms with Crippen molar-refractivity contribution in [3.63, 3.8) is 0 Å². The van der Waals surface area contributed by atoms with E-state index in [1.54, 1.807) is 0 Å². The van der Waals surface area contributed by atoms with Crippen molar-refractivity contribution in [2.75, 3.05) is 26.4 Å². The van der Waals surface area contributed by atoms with E-state index < -0.39 is 57.8 Å². The van der Waals surface area contributed by atoms with Gasteiger partial charge in [0.15, 0.2) is 6.10 Å². The zero-order valence-corrected chi connectivity index (χ0v) is 42.3. The quantitative estimate of drug-likeness (QED) is 0.0197. The molecule has 0 radical (unpaired) electrons. The van der Waals surface area contributed by atoms with Crippen molar-refractivity contribution >= 4 is 25.7 Å². The van der Waals surface area contributed by atoms with Gasteiger partial charge in [0.05, 0.1) is 19.8 Å². The molecule has 378 valence electrons. The third kappa shape index (κ3) is 45.8. The number of carbonyl (C=O) groups excluding carboxylic acids is 3. The first-order valence-corrected chi connectivity index (χ1v) is 27.0. The maximum atomic E-state index is 12.8. The Hall–Kier alpha value is -3.34. The number of esters is 3. The Morgan fingerprint density at radius 1 is 0.439 bits per heavy atom. The van der Waals surface area contributed by atoms with Crippen LogP contribution in [0.15, 0.2) is 85.1 Å². The molecule has 66 heavy (non-hydrogen) atoms. The van der Waals surface area contributed by atoms with Crippen molar-refractivity contribution in [3.8, 4) is 0 Å². The number of aliphatic hydroxyl groups excluding tert-OH is 1. The summed E-state index contributed by atoms with van der Waals surface area (Å²) in [5, 5.41) is 9.74. The number of phosphoric ester groups is 1. The van der Waals surface area contributed by atoms with E-state index in [9.17, 15) is 28.9 Å². The Morgan fingerprint density at radius 2 is 0.818 bits per heavy atom. The van der Waals surface area contributed by atoms with Crippen LogP contribution in [0.5, 0.6) is 0 Å². The van der Waals surface area contributed by atoms with Crippen LogP contribution < -0.4 is 0 Å². The molecular weight excluding hydrogens is 856 g/mol. The minimum atomic E-state index is -4.76. The first-order valence-electron chi connectivity index (χ1n) is 25.5. The monoisotopic (exact) mass is 947 g/mol. The topological polar surface area (TPSA) is 155 Å². The molecule has 0 aliphatic heterocycles. The lowest BCUT2D eigenvalue weighted by molar-refractivity contribution is -0.161. The van der Waals surface area contributed by atoms with Gasteiger partial charge in [-0.05, 0) is 77.0 Å². The van der Waals surface area contributed by atoms with Crippen LogP contribution in [0.3, 0.4) is 0 Å². The van der Waals surface area contributed by atoms with Crippen LogP contribution in [0.2, 0.25) is 0 Å². The highest BCUT2D eigenvalue weighted by atomic mass is 31.2. The molecule has 0 bridgehead atoms. The van der Waals surface area contributed by atoms with Crippen molar-refractivity contribution < 1.29 is 52.2 Å². The number of hydrogen-bond donors (Lipinski definition) is 2. The van der Waals surface area contributed by atoms with E-state index >= 15 is 0 Å². The molecular formula is C54H91O11P. The predicted molar refractivity (Wildman–Crippen MR) is 270 cm³/mol. The molecule has 0 aromatic heterocycles. The van der Waals surface area contributed by atoms with Gasteiger partial charge >= 0.3 is 25.7 Å². The number of rotatable bonds is 46. The lowest BCUT2D eigenvalue weighted by atomic mass is 10.1. The van der Waals surface area contributed by atoms with Crippen LogP contribution >= 0.6 is 7.82 Å². The molecule has 0 aliphatic rings. The second kappa shape index (κ2) is 48.1. The predicted octanol–water partition coefficient (Wildman–Crippen LogP) is 14.4. The third-order valence-electron chi connectivity index (χ3n) is 10.3. The van der Waals surface area contributed by atoms with Gasteiger partial charge in [-0.1, -0.05) is 189 Å². The summed E-state index contributed by atoms with van der Waals surface area (Å²) in [5.41, 5.74) is 0. The molecule has 0 fully saturated rings. The number of aliphatic hydroxyl groups is 1. The van der Waals surface area contributed by atoms with Crippen LogP contribution in [-0.2, 0) is 42.2 Å². The molecule has 0 spiro atoms. The third-order valence-corrected chi connectivity index (χ3v) is 11.3. The van der Waals surface area contributed by atoms with E-state index in [1.807, 2.05) is 12.2 Å². The summed E-state index contributed by atoms with van der Waals surface area (Å²) < 4.78 is 39.2. The molecule has 0 aliphatic carbocycles. The van der Waals surface area contributed by atoms with Crippen LogP contribution in [0.1, 0.15) is 201 Å². The number of carbonyl (C=O) groups is 3. The molecule has 12 heteroatoms. The van der Waals surface area contributed by atoms with Gasteiger partial charge in [-0.3, -0.25) is 23.4 Å². The van der Waals surface area contributed by atoms with Gasteiger partial charge in [0.25, 0.3) is 0 Å². The van der Waals surface area contributed by atoms with Gasteiger partial charge in [0, 0.05) is 19.3 Å². The highest BCUT2D eigenvalue weighted by Gasteiger charge is 2.28. The second-order valence-corrected chi connectivity index (χ2v) is 18.0. The van der Waals surface area contributed by atoms with Crippen molar-refractivity contribution in [2.24, 2.45) is 0 Å². The first-order chi connectivity index (χ1) is 32.2. The zero-order valence-electron chi connectivity index (χ0n) is 41.4. The molecule has 0 heterocycles. The summed E-state index contributed by atoms with van der Waals surface area (Å²) in [4.78, 5) is 48.2. The van der Waals surface area contributed by atoms with Gasteiger partial charge in [0.1, 0.15) is 12.7 Å². The van der Waals surface area contributed by atoms with Crippen LogP contribution in [-0.4, -0.2) is 66.5 Å².